The van der Waals surface area contributed by atoms with Crippen LogP contribution in [0.15, 0.2) is 68.1 Å². The number of ether oxygens (including phenoxy) is 4. The van der Waals surface area contributed by atoms with Crippen molar-refractivity contribution in [2.45, 2.75) is 38.9 Å². The van der Waals surface area contributed by atoms with Crippen LogP contribution in [0, 0.1) is 23.7 Å². The summed E-state index contributed by atoms with van der Waals surface area (Å²) in [7, 11) is 3.01. The van der Waals surface area contributed by atoms with E-state index in [0.29, 0.717) is 81.8 Å². The summed E-state index contributed by atoms with van der Waals surface area (Å²) in [6.07, 6.45) is 1.96. The molecule has 12 heteroatoms. The Morgan fingerprint density at radius 2 is 1.13 bits per heavy atom. The van der Waals surface area contributed by atoms with Gasteiger partial charge in [0.05, 0.1) is 50.4 Å². The second kappa shape index (κ2) is 17.1. The first-order valence-corrected chi connectivity index (χ1v) is 18.1. The number of aliphatic hydroxyl groups excluding tert-OH is 2. The first-order valence-electron chi connectivity index (χ1n) is 16.3. The second-order valence-corrected chi connectivity index (χ2v) is 13.2. The molecule has 6 aromatic rings. The Hall–Kier alpha value is -5.50. The van der Waals surface area contributed by atoms with Crippen LogP contribution in [0.4, 0.5) is 0 Å². The number of fused-ring (bicyclic) bond motifs is 2. The quantitative estimate of drug-likeness (QED) is 0.0639. The van der Waals surface area contributed by atoms with Crippen LogP contribution in [0.25, 0.3) is 43.2 Å². The molecule has 0 aliphatic heterocycles. The first-order chi connectivity index (χ1) is 25.5. The lowest BCUT2D eigenvalue weighted by Crippen LogP contribution is -2.07. The molecule has 2 aromatic carbocycles. The average Bonchev–Trinajstić information content (AvgIpc) is 4.00. The molecule has 10 nitrogen and oxygen atoms in total. The maximum Gasteiger partial charge on any atom is 0.342 e. The Morgan fingerprint density at radius 3 is 1.50 bits per heavy atom. The lowest BCUT2D eigenvalue weighted by atomic mass is 10.1. The molecule has 0 aliphatic rings. The Balaban J connectivity index is 0.995. The van der Waals surface area contributed by atoms with E-state index >= 15 is 0 Å². The zero-order valence-corrected chi connectivity index (χ0v) is 30.0. The van der Waals surface area contributed by atoms with E-state index in [1.54, 1.807) is 24.3 Å². The van der Waals surface area contributed by atoms with E-state index < -0.39 is 11.9 Å². The van der Waals surface area contributed by atoms with E-state index in [4.69, 9.17) is 27.8 Å². The van der Waals surface area contributed by atoms with Gasteiger partial charge in [0.25, 0.3) is 0 Å². The fourth-order valence-corrected chi connectivity index (χ4v) is 6.94. The molecule has 0 radical (unpaired) electrons. The highest BCUT2D eigenvalue weighted by molar-refractivity contribution is 7.13. The lowest BCUT2D eigenvalue weighted by molar-refractivity contribution is 0.0494. The molecule has 0 atom stereocenters. The molecule has 52 heavy (non-hydrogen) atoms. The van der Waals surface area contributed by atoms with Crippen molar-refractivity contribution >= 4 is 56.6 Å². The number of unbranched alkanes of at least 4 members (excludes halogenated alkanes) is 2. The van der Waals surface area contributed by atoms with E-state index in [0.717, 1.165) is 9.75 Å². The average molecular weight is 739 g/mol. The molecule has 4 heterocycles. The zero-order valence-electron chi connectivity index (χ0n) is 28.4. The van der Waals surface area contributed by atoms with Gasteiger partial charge in [-0.2, -0.15) is 0 Å². The number of benzene rings is 2. The smallest absolute Gasteiger partial charge is 0.342 e. The molecule has 6 rings (SSSR count). The molecule has 4 aromatic heterocycles. The zero-order chi connectivity index (χ0) is 36.5. The SMILES string of the molecule is COc1cc(CO)cc2c(C(=O)OCCCC#CC#CCCCOC(=O)c3c(-c4cccs4)oc4c(OC)cc(CO)cc34)c(-c3cccs3)oc12. The fraction of sp³-hybridized carbons (Fsp3) is 0.250. The number of aliphatic hydroxyl groups is 2. The number of rotatable bonds is 14. The van der Waals surface area contributed by atoms with Crippen molar-refractivity contribution in [2.24, 2.45) is 0 Å². The van der Waals surface area contributed by atoms with Gasteiger partial charge in [-0.25, -0.2) is 9.59 Å². The van der Waals surface area contributed by atoms with Crippen LogP contribution in [-0.4, -0.2) is 49.6 Å². The largest absolute Gasteiger partial charge is 0.493 e. The minimum atomic E-state index is -0.536. The van der Waals surface area contributed by atoms with Crippen molar-refractivity contribution < 1.29 is 47.6 Å². The van der Waals surface area contributed by atoms with Gasteiger partial charge in [-0.1, -0.05) is 24.0 Å². The van der Waals surface area contributed by atoms with Gasteiger partial charge in [-0.05, 0) is 83.0 Å². The highest BCUT2D eigenvalue weighted by Gasteiger charge is 2.28. The summed E-state index contributed by atoms with van der Waals surface area (Å²) < 4.78 is 34.3. The molecule has 0 saturated carbocycles. The third-order valence-corrected chi connectivity index (χ3v) is 9.67. The Labute approximate surface area is 307 Å². The van der Waals surface area contributed by atoms with Gasteiger partial charge in [0.2, 0.25) is 0 Å². The molecule has 0 unspecified atom stereocenters. The molecule has 2 N–H and O–H groups in total. The van der Waals surface area contributed by atoms with Crippen molar-refractivity contribution in [3.8, 4) is 56.5 Å². The molecule has 0 bridgehead atoms. The fourth-order valence-electron chi connectivity index (χ4n) is 5.51. The minimum Gasteiger partial charge on any atom is -0.493 e. The molecule has 0 saturated heterocycles. The number of thiophene rings is 2. The molecular weight excluding hydrogens is 705 g/mol. The van der Waals surface area contributed by atoms with E-state index in [-0.39, 0.29) is 37.6 Å². The van der Waals surface area contributed by atoms with E-state index in [9.17, 15) is 19.8 Å². The normalized spacial score (nSPS) is 10.8. The molecule has 266 valence electrons. The summed E-state index contributed by atoms with van der Waals surface area (Å²) in [5, 5.41) is 24.3. The van der Waals surface area contributed by atoms with Gasteiger partial charge in [0.15, 0.2) is 34.2 Å². The Kier molecular flexibility index (Phi) is 12.0. The third-order valence-electron chi connectivity index (χ3n) is 7.93. The summed E-state index contributed by atoms with van der Waals surface area (Å²) >= 11 is 2.87. The number of hydrogen-bond donors (Lipinski definition) is 2. The summed E-state index contributed by atoms with van der Waals surface area (Å²) in [5.41, 5.74) is 2.55. The van der Waals surface area contributed by atoms with Crippen LogP contribution < -0.4 is 9.47 Å². The Morgan fingerprint density at radius 1 is 0.692 bits per heavy atom. The lowest BCUT2D eigenvalue weighted by Gasteiger charge is -2.05. The maximum atomic E-state index is 13.3. The first kappa shape index (κ1) is 36.3. The summed E-state index contributed by atoms with van der Waals surface area (Å²) in [6.45, 7) is -0.151. The molecular formula is C40H34O10S2. The van der Waals surface area contributed by atoms with Crippen molar-refractivity contribution in [2.75, 3.05) is 27.4 Å². The second-order valence-electron chi connectivity index (χ2n) is 11.3. The maximum absolute atomic E-state index is 13.3. The minimum absolute atomic E-state index is 0.147. The molecule has 0 spiro atoms. The molecule has 0 fully saturated rings. The number of esters is 2. The van der Waals surface area contributed by atoms with Crippen LogP contribution in [0.1, 0.15) is 57.5 Å². The number of methoxy groups -OCH3 is 2. The van der Waals surface area contributed by atoms with E-state index in [1.165, 1.54) is 36.9 Å². The van der Waals surface area contributed by atoms with Gasteiger partial charge in [-0.3, -0.25) is 0 Å². The van der Waals surface area contributed by atoms with Crippen LogP contribution in [0.2, 0.25) is 0 Å². The monoisotopic (exact) mass is 738 g/mol. The van der Waals surface area contributed by atoms with Crippen molar-refractivity contribution in [1.82, 2.24) is 0 Å². The highest BCUT2D eigenvalue weighted by Crippen LogP contribution is 2.42. The predicted octanol–water partition coefficient (Wildman–Crippen LogP) is 8.22. The van der Waals surface area contributed by atoms with Crippen molar-refractivity contribution in [3.63, 3.8) is 0 Å². The van der Waals surface area contributed by atoms with Crippen LogP contribution in [0.3, 0.4) is 0 Å². The van der Waals surface area contributed by atoms with Crippen LogP contribution >= 0.6 is 22.7 Å². The standard InChI is InChI=1S/C40H34O10S2/c1-45-29-21-25(23-41)19-27-33(37(49-35(27)29)31-13-11-17-51-31)39(43)47-15-9-7-5-3-4-6-8-10-16-48-40(44)34-28-20-26(24-42)22-30(46-2)36(28)50-38(34)32-14-12-18-52-32/h11-14,17-22,41-42H,7-10,15-16,23-24H2,1-2H3. The van der Waals surface area contributed by atoms with Crippen molar-refractivity contribution in [1.29, 1.82) is 0 Å². The Bertz CT molecular complexity index is 2140. The number of hydrogen-bond acceptors (Lipinski definition) is 12. The number of carbonyl (C=O) groups excluding carboxylic acids is 2. The van der Waals surface area contributed by atoms with Crippen molar-refractivity contribution in [3.05, 3.63) is 81.5 Å². The van der Waals surface area contributed by atoms with Crippen LogP contribution in [0.5, 0.6) is 11.5 Å². The molecule has 0 aliphatic carbocycles. The summed E-state index contributed by atoms with van der Waals surface area (Å²) in [6, 6.07) is 14.2. The van der Waals surface area contributed by atoms with Gasteiger partial charge < -0.3 is 38.0 Å². The summed E-state index contributed by atoms with van der Waals surface area (Å²) in [5.74, 6) is 12.1. The predicted molar refractivity (Wildman–Crippen MR) is 199 cm³/mol. The third kappa shape index (κ3) is 7.86. The van der Waals surface area contributed by atoms with Crippen LogP contribution in [-0.2, 0) is 22.7 Å². The molecule has 0 amide bonds. The number of furan rings is 2. The van der Waals surface area contributed by atoms with E-state index in [2.05, 4.69) is 23.7 Å². The van der Waals surface area contributed by atoms with E-state index in [1.807, 2.05) is 35.0 Å². The highest BCUT2D eigenvalue weighted by atomic mass is 32.1. The van der Waals surface area contributed by atoms with Gasteiger partial charge >= 0.3 is 11.9 Å². The van der Waals surface area contributed by atoms with Gasteiger partial charge in [0, 0.05) is 23.6 Å². The van der Waals surface area contributed by atoms with Gasteiger partial charge in [0.1, 0.15) is 11.1 Å². The topological polar surface area (TPSA) is 138 Å². The number of carbonyl (C=O) groups is 2. The van der Waals surface area contributed by atoms with Gasteiger partial charge in [-0.15, -0.1) is 22.7 Å². The summed E-state index contributed by atoms with van der Waals surface area (Å²) in [4.78, 5) is 28.1.